The predicted molar refractivity (Wildman–Crippen MR) is 76.5 cm³/mol. The summed E-state index contributed by atoms with van der Waals surface area (Å²) in [5.74, 6) is 0.0464. The van der Waals surface area contributed by atoms with E-state index >= 15 is 0 Å². The average Bonchev–Trinajstić information content (AvgIpc) is 2.46. The fourth-order valence-electron chi connectivity index (χ4n) is 1.66. The molecule has 0 amide bonds. The minimum atomic E-state index is -1.08. The van der Waals surface area contributed by atoms with Gasteiger partial charge in [0, 0.05) is 12.7 Å². The molecule has 1 aromatic carbocycles. The number of hydrogen-bond donors (Lipinski definition) is 2. The van der Waals surface area contributed by atoms with Crippen LogP contribution in [-0.2, 0) is 6.54 Å². The van der Waals surface area contributed by atoms with Gasteiger partial charge < -0.3 is 15.2 Å². The van der Waals surface area contributed by atoms with Gasteiger partial charge in [0.05, 0.1) is 17.7 Å². The summed E-state index contributed by atoms with van der Waals surface area (Å²) >= 11 is 5.99. The number of carboxylic acid groups (broad SMARTS) is 1. The third kappa shape index (κ3) is 3.19. The van der Waals surface area contributed by atoms with Crippen molar-refractivity contribution < 1.29 is 14.6 Å². The topological polar surface area (TPSA) is 71.5 Å². The van der Waals surface area contributed by atoms with Crippen molar-refractivity contribution in [3.05, 3.63) is 52.7 Å². The fourth-order valence-corrected chi connectivity index (χ4v) is 1.92. The lowest BCUT2D eigenvalue weighted by molar-refractivity contribution is 0.0697. The molecule has 1 heterocycles. The molecule has 0 bridgehead atoms. The Hall–Kier alpha value is -2.27. The third-order valence-corrected chi connectivity index (χ3v) is 3.12. The minimum Gasteiger partial charge on any atom is -0.497 e. The SMILES string of the molecule is COc1ccc(CNc2nccc(C(=O)O)c2Cl)cc1. The molecule has 0 unspecified atom stereocenters. The molecular formula is C14H13ClN2O3. The molecule has 0 radical (unpaired) electrons. The normalized spacial score (nSPS) is 10.1. The van der Waals surface area contributed by atoms with E-state index in [2.05, 4.69) is 10.3 Å². The standard InChI is InChI=1S/C14H13ClN2O3/c1-20-10-4-2-9(3-5-10)8-17-13-12(15)11(14(18)19)6-7-16-13/h2-7H,8H2,1H3,(H,16,17)(H,18,19). The van der Waals surface area contributed by atoms with Gasteiger partial charge in [-0.2, -0.15) is 0 Å². The molecule has 0 saturated carbocycles. The number of nitrogens with zero attached hydrogens (tertiary/aromatic N) is 1. The molecule has 2 N–H and O–H groups in total. The van der Waals surface area contributed by atoms with E-state index in [4.69, 9.17) is 21.4 Å². The highest BCUT2D eigenvalue weighted by atomic mass is 35.5. The van der Waals surface area contributed by atoms with Crippen LogP contribution in [0.25, 0.3) is 0 Å². The maximum absolute atomic E-state index is 11.0. The van der Waals surface area contributed by atoms with Crippen LogP contribution in [0.3, 0.4) is 0 Å². The van der Waals surface area contributed by atoms with Crippen molar-refractivity contribution in [2.45, 2.75) is 6.54 Å². The van der Waals surface area contributed by atoms with Crippen molar-refractivity contribution in [2.24, 2.45) is 0 Å². The summed E-state index contributed by atoms with van der Waals surface area (Å²) in [5, 5.41) is 12.1. The first-order chi connectivity index (χ1) is 9.61. The Labute approximate surface area is 121 Å². The van der Waals surface area contributed by atoms with Gasteiger partial charge in [0.15, 0.2) is 0 Å². The van der Waals surface area contributed by atoms with Crippen LogP contribution in [-0.4, -0.2) is 23.2 Å². The number of methoxy groups -OCH3 is 1. The van der Waals surface area contributed by atoms with Crippen LogP contribution in [0.1, 0.15) is 15.9 Å². The van der Waals surface area contributed by atoms with Crippen molar-refractivity contribution in [3.8, 4) is 5.75 Å². The van der Waals surface area contributed by atoms with Gasteiger partial charge in [0.2, 0.25) is 0 Å². The molecule has 1 aromatic heterocycles. The lowest BCUT2D eigenvalue weighted by Gasteiger charge is -2.09. The smallest absolute Gasteiger partial charge is 0.337 e. The van der Waals surface area contributed by atoms with Crippen LogP contribution in [0.4, 0.5) is 5.82 Å². The van der Waals surface area contributed by atoms with E-state index in [9.17, 15) is 4.79 Å². The Morgan fingerprint density at radius 3 is 2.65 bits per heavy atom. The van der Waals surface area contributed by atoms with Gasteiger partial charge in [0.25, 0.3) is 0 Å². The van der Waals surface area contributed by atoms with E-state index in [1.807, 2.05) is 24.3 Å². The molecule has 0 saturated heterocycles. The Morgan fingerprint density at radius 2 is 2.05 bits per heavy atom. The van der Waals surface area contributed by atoms with Crippen molar-refractivity contribution in [1.82, 2.24) is 4.98 Å². The van der Waals surface area contributed by atoms with Crippen LogP contribution in [0.2, 0.25) is 5.02 Å². The summed E-state index contributed by atoms with van der Waals surface area (Å²) in [6.45, 7) is 0.486. The molecule has 0 aliphatic carbocycles. The number of carboxylic acids is 1. The third-order valence-electron chi connectivity index (χ3n) is 2.74. The molecule has 0 fully saturated rings. The van der Waals surface area contributed by atoms with Gasteiger partial charge in [-0.1, -0.05) is 23.7 Å². The number of hydrogen-bond acceptors (Lipinski definition) is 4. The lowest BCUT2D eigenvalue weighted by atomic mass is 10.2. The number of carbonyl (C=O) groups is 1. The molecular weight excluding hydrogens is 280 g/mol. The van der Waals surface area contributed by atoms with Crippen LogP contribution in [0.5, 0.6) is 5.75 Å². The maximum Gasteiger partial charge on any atom is 0.337 e. The largest absolute Gasteiger partial charge is 0.497 e. The summed E-state index contributed by atoms with van der Waals surface area (Å²) in [6, 6.07) is 8.87. The second-order valence-corrected chi connectivity index (χ2v) is 4.41. The number of pyridine rings is 1. The number of ether oxygens (including phenoxy) is 1. The number of nitrogens with one attached hydrogen (secondary N) is 1. The van der Waals surface area contributed by atoms with E-state index < -0.39 is 5.97 Å². The van der Waals surface area contributed by atoms with E-state index in [-0.39, 0.29) is 10.6 Å². The zero-order valence-corrected chi connectivity index (χ0v) is 11.5. The number of aromatic carboxylic acids is 1. The summed E-state index contributed by atoms with van der Waals surface area (Å²) in [7, 11) is 1.61. The van der Waals surface area contributed by atoms with Gasteiger partial charge in [-0.25, -0.2) is 9.78 Å². The van der Waals surface area contributed by atoms with Gasteiger partial charge in [-0.3, -0.25) is 0 Å². The number of rotatable bonds is 5. The minimum absolute atomic E-state index is 0.0268. The van der Waals surface area contributed by atoms with Crippen molar-refractivity contribution in [2.75, 3.05) is 12.4 Å². The van der Waals surface area contributed by atoms with Gasteiger partial charge in [0.1, 0.15) is 11.6 Å². The van der Waals surface area contributed by atoms with Gasteiger partial charge >= 0.3 is 5.97 Å². The number of halogens is 1. The predicted octanol–water partition coefficient (Wildman–Crippen LogP) is 3.05. The molecule has 2 rings (SSSR count). The second kappa shape index (κ2) is 6.25. The first-order valence-corrected chi connectivity index (χ1v) is 6.24. The molecule has 6 heteroatoms. The molecule has 2 aromatic rings. The quantitative estimate of drug-likeness (QED) is 0.886. The fraction of sp³-hybridized carbons (Fsp3) is 0.143. The van der Waals surface area contributed by atoms with E-state index in [1.54, 1.807) is 7.11 Å². The molecule has 5 nitrogen and oxygen atoms in total. The molecule has 0 atom stereocenters. The highest BCUT2D eigenvalue weighted by Gasteiger charge is 2.12. The Balaban J connectivity index is 2.10. The molecule has 20 heavy (non-hydrogen) atoms. The summed E-state index contributed by atoms with van der Waals surface area (Å²) in [6.07, 6.45) is 1.41. The Bertz CT molecular complexity index is 614. The molecule has 104 valence electrons. The van der Waals surface area contributed by atoms with E-state index in [0.29, 0.717) is 12.4 Å². The van der Waals surface area contributed by atoms with Crippen LogP contribution in [0, 0.1) is 0 Å². The highest BCUT2D eigenvalue weighted by molar-refractivity contribution is 6.35. The summed E-state index contributed by atoms with van der Waals surface area (Å²) < 4.78 is 5.07. The van der Waals surface area contributed by atoms with Crippen LogP contribution >= 0.6 is 11.6 Å². The van der Waals surface area contributed by atoms with E-state index in [1.165, 1.54) is 12.3 Å². The first kappa shape index (κ1) is 14.1. The molecule has 0 spiro atoms. The number of benzene rings is 1. The Morgan fingerprint density at radius 1 is 1.35 bits per heavy atom. The summed E-state index contributed by atoms with van der Waals surface area (Å²) in [4.78, 5) is 15.0. The first-order valence-electron chi connectivity index (χ1n) is 5.86. The number of anilines is 1. The lowest BCUT2D eigenvalue weighted by Crippen LogP contribution is -2.05. The van der Waals surface area contributed by atoms with Crippen molar-refractivity contribution in [1.29, 1.82) is 0 Å². The average molecular weight is 293 g/mol. The molecule has 0 aliphatic heterocycles. The number of aromatic nitrogens is 1. The highest BCUT2D eigenvalue weighted by Crippen LogP contribution is 2.24. The summed E-state index contributed by atoms with van der Waals surface area (Å²) in [5.41, 5.74) is 1.03. The monoisotopic (exact) mass is 292 g/mol. The van der Waals surface area contributed by atoms with Crippen LogP contribution in [0.15, 0.2) is 36.5 Å². The van der Waals surface area contributed by atoms with Crippen molar-refractivity contribution in [3.63, 3.8) is 0 Å². The van der Waals surface area contributed by atoms with E-state index in [0.717, 1.165) is 11.3 Å². The maximum atomic E-state index is 11.0. The molecule has 0 aliphatic rings. The Kier molecular flexibility index (Phi) is 4.42. The zero-order valence-electron chi connectivity index (χ0n) is 10.8. The van der Waals surface area contributed by atoms with Crippen LogP contribution < -0.4 is 10.1 Å². The zero-order chi connectivity index (χ0) is 14.5. The van der Waals surface area contributed by atoms with Crippen molar-refractivity contribution >= 4 is 23.4 Å². The van der Waals surface area contributed by atoms with Gasteiger partial charge in [-0.05, 0) is 23.8 Å². The second-order valence-electron chi connectivity index (χ2n) is 4.03. The van der Waals surface area contributed by atoms with Gasteiger partial charge in [-0.15, -0.1) is 0 Å².